The van der Waals surface area contributed by atoms with Gasteiger partial charge in [0, 0.05) is 18.1 Å². The predicted molar refractivity (Wildman–Crippen MR) is 88.6 cm³/mol. The van der Waals surface area contributed by atoms with E-state index >= 15 is 0 Å². The van der Waals surface area contributed by atoms with E-state index in [1.807, 2.05) is 0 Å². The van der Waals surface area contributed by atoms with Crippen molar-refractivity contribution in [1.82, 2.24) is 8.75 Å². The molecule has 0 radical (unpaired) electrons. The molecule has 0 aliphatic carbocycles. The number of benzene rings is 1. The second-order valence-corrected chi connectivity index (χ2v) is 7.37. The predicted octanol–water partition coefficient (Wildman–Crippen LogP) is 3.85. The Kier molecular flexibility index (Phi) is 3.49. The van der Waals surface area contributed by atoms with Crippen LogP contribution < -0.4 is 10.6 Å². The van der Waals surface area contributed by atoms with Crippen LogP contribution >= 0.6 is 34.9 Å². The van der Waals surface area contributed by atoms with Crippen molar-refractivity contribution in [2.75, 3.05) is 4.90 Å². The quantitative estimate of drug-likeness (QED) is 0.855. The van der Waals surface area contributed by atoms with E-state index in [0.717, 1.165) is 29.6 Å². The van der Waals surface area contributed by atoms with Crippen LogP contribution in [0.1, 0.15) is 32.1 Å². The van der Waals surface area contributed by atoms with E-state index < -0.39 is 0 Å². The highest BCUT2D eigenvalue weighted by Gasteiger charge is 2.39. The number of rotatable bonds is 1. The van der Waals surface area contributed by atoms with Crippen molar-refractivity contribution in [3.8, 4) is 0 Å². The number of halogens is 2. The van der Waals surface area contributed by atoms with Crippen LogP contribution in [-0.2, 0) is 0 Å². The summed E-state index contributed by atoms with van der Waals surface area (Å²) in [6, 6.07) is 3.01. The molecule has 112 valence electrons. The molecule has 0 spiro atoms. The van der Waals surface area contributed by atoms with Crippen molar-refractivity contribution in [2.45, 2.75) is 50.2 Å². The van der Waals surface area contributed by atoms with Crippen LogP contribution in [0.25, 0.3) is 11.0 Å². The summed E-state index contributed by atoms with van der Waals surface area (Å²) in [5.74, 6) is 0. The standard InChI is InChI=1S/C14H16Cl2N4S/c15-10-6-11(16)14(13-12(10)18-21-19-13)20-8-2-1-3-9(20)5-7(17)4-8/h6-9H,1-5,17H2. The third kappa shape index (κ3) is 2.22. The van der Waals surface area contributed by atoms with Crippen LogP contribution in [0.5, 0.6) is 0 Å². The maximum atomic E-state index is 6.53. The number of aromatic nitrogens is 2. The number of nitrogens with zero attached hydrogens (tertiary/aromatic N) is 3. The molecule has 2 unspecified atom stereocenters. The SMILES string of the molecule is NC1CC2CCCC(C1)N2c1c(Cl)cc(Cl)c2nsnc12. The van der Waals surface area contributed by atoms with Gasteiger partial charge in [-0.15, -0.1) is 0 Å². The average Bonchev–Trinajstić information content (AvgIpc) is 2.88. The Bertz CT molecular complexity index is 675. The molecule has 1 aromatic carbocycles. The van der Waals surface area contributed by atoms with Gasteiger partial charge in [-0.3, -0.25) is 0 Å². The van der Waals surface area contributed by atoms with Gasteiger partial charge in [-0.05, 0) is 38.2 Å². The highest BCUT2D eigenvalue weighted by molar-refractivity contribution is 7.00. The minimum atomic E-state index is 0.298. The molecular formula is C14H16Cl2N4S. The summed E-state index contributed by atoms with van der Waals surface area (Å²) in [4.78, 5) is 2.45. The molecule has 0 amide bonds. The Labute approximate surface area is 137 Å². The van der Waals surface area contributed by atoms with Gasteiger partial charge < -0.3 is 10.6 Å². The van der Waals surface area contributed by atoms with E-state index in [1.165, 1.54) is 31.0 Å². The van der Waals surface area contributed by atoms with Gasteiger partial charge >= 0.3 is 0 Å². The van der Waals surface area contributed by atoms with Gasteiger partial charge in [0.05, 0.1) is 27.5 Å². The molecule has 0 saturated carbocycles. The lowest BCUT2D eigenvalue weighted by atomic mass is 9.81. The molecule has 4 rings (SSSR count). The molecule has 2 N–H and O–H groups in total. The fourth-order valence-corrected chi connectivity index (χ4v) is 5.10. The molecule has 2 aliphatic rings. The zero-order valence-electron chi connectivity index (χ0n) is 11.4. The van der Waals surface area contributed by atoms with Crippen molar-refractivity contribution >= 4 is 51.7 Å². The Morgan fingerprint density at radius 3 is 2.48 bits per heavy atom. The van der Waals surface area contributed by atoms with Gasteiger partial charge in [-0.1, -0.05) is 23.2 Å². The Morgan fingerprint density at radius 1 is 1.10 bits per heavy atom. The van der Waals surface area contributed by atoms with E-state index in [0.29, 0.717) is 28.2 Å². The van der Waals surface area contributed by atoms with Gasteiger partial charge in [-0.2, -0.15) is 8.75 Å². The van der Waals surface area contributed by atoms with Crippen molar-refractivity contribution in [3.63, 3.8) is 0 Å². The third-order valence-electron chi connectivity index (χ3n) is 4.69. The second-order valence-electron chi connectivity index (χ2n) is 6.03. The van der Waals surface area contributed by atoms with Crippen molar-refractivity contribution in [2.24, 2.45) is 5.73 Å². The average molecular weight is 343 g/mol. The molecule has 2 saturated heterocycles. The Balaban J connectivity index is 1.88. The molecule has 2 bridgehead atoms. The minimum absolute atomic E-state index is 0.298. The summed E-state index contributed by atoms with van der Waals surface area (Å²) >= 11 is 14.0. The highest BCUT2D eigenvalue weighted by Crippen LogP contribution is 2.44. The lowest BCUT2D eigenvalue weighted by Gasteiger charge is -2.49. The summed E-state index contributed by atoms with van der Waals surface area (Å²) in [7, 11) is 0. The van der Waals surface area contributed by atoms with Crippen LogP contribution in [0.3, 0.4) is 0 Å². The first-order valence-electron chi connectivity index (χ1n) is 7.29. The topological polar surface area (TPSA) is 55.0 Å². The zero-order valence-corrected chi connectivity index (χ0v) is 13.8. The molecule has 7 heteroatoms. The summed E-state index contributed by atoms with van der Waals surface area (Å²) in [5, 5.41) is 1.25. The zero-order chi connectivity index (χ0) is 14.6. The number of hydrogen-bond acceptors (Lipinski definition) is 5. The lowest BCUT2D eigenvalue weighted by Crippen LogP contribution is -2.55. The molecule has 2 fully saturated rings. The van der Waals surface area contributed by atoms with Gasteiger partial charge in [0.25, 0.3) is 0 Å². The molecular weight excluding hydrogens is 327 g/mol. The van der Waals surface area contributed by atoms with E-state index in [2.05, 4.69) is 13.6 Å². The van der Waals surface area contributed by atoms with E-state index in [-0.39, 0.29) is 0 Å². The summed E-state index contributed by atoms with van der Waals surface area (Å²) < 4.78 is 8.76. The molecule has 2 atom stereocenters. The molecule has 21 heavy (non-hydrogen) atoms. The molecule has 1 aromatic heterocycles. The fourth-order valence-electron chi connectivity index (χ4n) is 3.90. The lowest BCUT2D eigenvalue weighted by molar-refractivity contribution is 0.272. The number of hydrogen-bond donors (Lipinski definition) is 1. The molecule has 4 nitrogen and oxygen atoms in total. The smallest absolute Gasteiger partial charge is 0.131 e. The van der Waals surface area contributed by atoms with Crippen LogP contribution in [-0.4, -0.2) is 26.9 Å². The van der Waals surface area contributed by atoms with Gasteiger partial charge in [-0.25, -0.2) is 0 Å². The fraction of sp³-hybridized carbons (Fsp3) is 0.571. The second kappa shape index (κ2) is 5.23. The van der Waals surface area contributed by atoms with Crippen LogP contribution in [0.2, 0.25) is 10.0 Å². The van der Waals surface area contributed by atoms with Crippen molar-refractivity contribution in [1.29, 1.82) is 0 Å². The van der Waals surface area contributed by atoms with Gasteiger partial charge in [0.15, 0.2) is 0 Å². The van der Waals surface area contributed by atoms with Crippen LogP contribution in [0, 0.1) is 0 Å². The maximum absolute atomic E-state index is 6.53. The van der Waals surface area contributed by atoms with Gasteiger partial charge in [0.1, 0.15) is 11.0 Å². The van der Waals surface area contributed by atoms with E-state index in [1.54, 1.807) is 6.07 Å². The van der Waals surface area contributed by atoms with Crippen LogP contribution in [0.15, 0.2) is 6.07 Å². The first kappa shape index (κ1) is 14.0. The number of fused-ring (bicyclic) bond motifs is 3. The van der Waals surface area contributed by atoms with E-state index in [4.69, 9.17) is 28.9 Å². The summed E-state index contributed by atoms with van der Waals surface area (Å²) in [5.41, 5.74) is 8.82. The Morgan fingerprint density at radius 2 is 1.76 bits per heavy atom. The highest BCUT2D eigenvalue weighted by atomic mass is 35.5. The van der Waals surface area contributed by atoms with Crippen molar-refractivity contribution < 1.29 is 0 Å². The monoisotopic (exact) mass is 342 g/mol. The number of nitrogens with two attached hydrogens (primary N) is 1. The third-order valence-corrected chi connectivity index (χ3v) is 5.79. The largest absolute Gasteiger partial charge is 0.362 e. The number of piperidine rings is 2. The molecule has 2 aliphatic heterocycles. The Hall–Kier alpha value is -0.620. The van der Waals surface area contributed by atoms with Crippen LogP contribution in [0.4, 0.5) is 5.69 Å². The number of anilines is 1. The van der Waals surface area contributed by atoms with Crippen molar-refractivity contribution in [3.05, 3.63) is 16.1 Å². The first-order chi connectivity index (χ1) is 10.1. The van der Waals surface area contributed by atoms with E-state index in [9.17, 15) is 0 Å². The molecule has 2 aromatic rings. The normalized spacial score (nSPS) is 29.1. The minimum Gasteiger partial charge on any atom is -0.362 e. The van der Waals surface area contributed by atoms with Gasteiger partial charge in [0.2, 0.25) is 0 Å². The first-order valence-corrected chi connectivity index (χ1v) is 8.78. The summed E-state index contributed by atoms with van der Waals surface area (Å²) in [6.45, 7) is 0. The maximum Gasteiger partial charge on any atom is 0.131 e. The molecule has 3 heterocycles. The summed E-state index contributed by atoms with van der Waals surface area (Å²) in [6.07, 6.45) is 5.65.